The van der Waals surface area contributed by atoms with Crippen molar-refractivity contribution in [2.75, 3.05) is 12.4 Å². The molecule has 0 saturated heterocycles. The minimum atomic E-state index is -0.266. The van der Waals surface area contributed by atoms with Gasteiger partial charge in [0.1, 0.15) is 6.33 Å². The summed E-state index contributed by atoms with van der Waals surface area (Å²) in [4.78, 5) is 19.4. The van der Waals surface area contributed by atoms with Crippen LogP contribution in [0.1, 0.15) is 20.3 Å². The topological polar surface area (TPSA) is 76.1 Å². The molecule has 0 aliphatic heterocycles. The number of ether oxygens (including phenoxy) is 1. The number of amides is 2. The van der Waals surface area contributed by atoms with Gasteiger partial charge in [-0.1, -0.05) is 13.8 Å². The van der Waals surface area contributed by atoms with Gasteiger partial charge in [-0.15, -0.1) is 0 Å². The summed E-state index contributed by atoms with van der Waals surface area (Å²) in [5.41, 5.74) is 0.201. The average Bonchev–Trinajstić information content (AvgIpc) is 2.86. The lowest BCUT2D eigenvalue weighted by atomic mass is 10.2. The van der Waals surface area contributed by atoms with Crippen LogP contribution in [0.2, 0.25) is 0 Å². The summed E-state index contributed by atoms with van der Waals surface area (Å²) in [6, 6.07) is -0.0343. The summed E-state index contributed by atoms with van der Waals surface area (Å²) in [6.07, 6.45) is 3.87. The van der Waals surface area contributed by atoms with Crippen molar-refractivity contribution in [2.24, 2.45) is 5.41 Å². The van der Waals surface area contributed by atoms with Crippen molar-refractivity contribution in [1.82, 2.24) is 15.3 Å². The van der Waals surface area contributed by atoms with Gasteiger partial charge < -0.3 is 10.1 Å². The number of aromatic nitrogens is 2. The van der Waals surface area contributed by atoms with Gasteiger partial charge in [0.05, 0.1) is 13.3 Å². The van der Waals surface area contributed by atoms with Gasteiger partial charge in [-0.2, -0.15) is 0 Å². The Morgan fingerprint density at radius 1 is 1.59 bits per heavy atom. The second kappa shape index (κ2) is 4.20. The van der Waals surface area contributed by atoms with Crippen molar-refractivity contribution in [1.29, 1.82) is 0 Å². The van der Waals surface area contributed by atoms with E-state index in [0.717, 1.165) is 6.42 Å². The maximum atomic E-state index is 11.7. The zero-order valence-corrected chi connectivity index (χ0v) is 10.2. The molecule has 1 aliphatic rings. The largest absolute Gasteiger partial charge is 0.491 e. The first kappa shape index (κ1) is 11.6. The Balaban J connectivity index is 1.94. The van der Waals surface area contributed by atoms with Gasteiger partial charge in [0.25, 0.3) is 0 Å². The summed E-state index contributed by atoms with van der Waals surface area (Å²) >= 11 is 0. The summed E-state index contributed by atoms with van der Waals surface area (Å²) < 4.78 is 5.04. The molecule has 1 aromatic rings. The highest BCUT2D eigenvalue weighted by atomic mass is 16.5. The Labute approximate surface area is 99.8 Å². The van der Waals surface area contributed by atoms with Crippen LogP contribution in [0.25, 0.3) is 0 Å². The number of carbonyl (C=O) groups excluding carboxylic acids is 1. The third-order valence-electron chi connectivity index (χ3n) is 2.95. The molecule has 1 aromatic heterocycles. The number of carbonyl (C=O) groups is 1. The Morgan fingerprint density at radius 3 is 2.88 bits per heavy atom. The molecule has 2 N–H and O–H groups in total. The highest BCUT2D eigenvalue weighted by Crippen LogP contribution is 2.44. The first-order chi connectivity index (χ1) is 8.03. The normalized spacial score (nSPS) is 20.5. The van der Waals surface area contributed by atoms with E-state index >= 15 is 0 Å². The summed E-state index contributed by atoms with van der Waals surface area (Å²) in [6.45, 7) is 4.23. The molecule has 0 spiro atoms. The van der Waals surface area contributed by atoms with E-state index in [1.807, 2.05) is 0 Å². The minimum absolute atomic E-state index is 0.201. The number of nitrogens with zero attached hydrogens (tertiary/aromatic N) is 2. The van der Waals surface area contributed by atoms with Gasteiger partial charge in [-0.05, 0) is 11.8 Å². The number of urea groups is 1. The zero-order valence-electron chi connectivity index (χ0n) is 10.2. The summed E-state index contributed by atoms with van der Waals surface area (Å²) in [7, 11) is 1.51. The predicted octanol–water partition coefficient (Wildman–Crippen LogP) is 1.41. The van der Waals surface area contributed by atoms with Crippen LogP contribution in [0.3, 0.4) is 0 Å². The monoisotopic (exact) mass is 236 g/mol. The molecule has 6 nitrogen and oxygen atoms in total. The molecule has 92 valence electrons. The number of anilines is 1. The van der Waals surface area contributed by atoms with E-state index in [1.54, 1.807) is 0 Å². The van der Waals surface area contributed by atoms with Gasteiger partial charge in [0.15, 0.2) is 11.6 Å². The van der Waals surface area contributed by atoms with Crippen molar-refractivity contribution in [2.45, 2.75) is 26.3 Å². The molecule has 0 radical (unpaired) electrons. The lowest BCUT2D eigenvalue weighted by Crippen LogP contribution is -2.33. The maximum Gasteiger partial charge on any atom is 0.320 e. The minimum Gasteiger partial charge on any atom is -0.491 e. The fourth-order valence-electron chi connectivity index (χ4n) is 1.58. The van der Waals surface area contributed by atoms with E-state index in [2.05, 4.69) is 34.4 Å². The van der Waals surface area contributed by atoms with Crippen molar-refractivity contribution in [3.63, 3.8) is 0 Å². The van der Waals surface area contributed by atoms with Crippen LogP contribution in [0.5, 0.6) is 5.75 Å². The Kier molecular flexibility index (Phi) is 2.87. The second-order valence-electron chi connectivity index (χ2n) is 4.78. The molecule has 1 atom stereocenters. The molecule has 0 unspecified atom stereocenters. The van der Waals surface area contributed by atoms with Gasteiger partial charge in [-0.3, -0.25) is 5.32 Å². The molecule has 1 aliphatic carbocycles. The number of nitrogens with one attached hydrogen (secondary N) is 2. The van der Waals surface area contributed by atoms with Crippen LogP contribution in [0.4, 0.5) is 10.6 Å². The molecule has 1 saturated carbocycles. The van der Waals surface area contributed by atoms with E-state index in [1.165, 1.54) is 19.6 Å². The number of hydrogen-bond acceptors (Lipinski definition) is 4. The second-order valence-corrected chi connectivity index (χ2v) is 4.78. The molecular weight excluding hydrogens is 220 g/mol. The maximum absolute atomic E-state index is 11.7. The van der Waals surface area contributed by atoms with E-state index in [0.29, 0.717) is 11.6 Å². The fourth-order valence-corrected chi connectivity index (χ4v) is 1.58. The number of rotatable bonds is 3. The molecule has 2 rings (SSSR count). The van der Waals surface area contributed by atoms with E-state index in [-0.39, 0.29) is 17.5 Å². The zero-order chi connectivity index (χ0) is 12.5. The van der Waals surface area contributed by atoms with Gasteiger partial charge in [0.2, 0.25) is 0 Å². The predicted molar refractivity (Wildman–Crippen MR) is 62.9 cm³/mol. The van der Waals surface area contributed by atoms with Gasteiger partial charge >= 0.3 is 6.03 Å². The smallest absolute Gasteiger partial charge is 0.320 e. The molecule has 6 heteroatoms. The average molecular weight is 236 g/mol. The van der Waals surface area contributed by atoms with Crippen LogP contribution in [0.15, 0.2) is 12.5 Å². The van der Waals surface area contributed by atoms with Crippen LogP contribution in [0, 0.1) is 5.41 Å². The van der Waals surface area contributed by atoms with Crippen LogP contribution < -0.4 is 15.4 Å². The van der Waals surface area contributed by atoms with Crippen molar-refractivity contribution < 1.29 is 9.53 Å². The lowest BCUT2D eigenvalue weighted by Gasteiger charge is -2.10. The Morgan fingerprint density at radius 2 is 2.29 bits per heavy atom. The van der Waals surface area contributed by atoms with Crippen molar-refractivity contribution >= 4 is 11.8 Å². The van der Waals surface area contributed by atoms with E-state index < -0.39 is 0 Å². The molecule has 1 fully saturated rings. The first-order valence-corrected chi connectivity index (χ1v) is 5.44. The molecule has 2 amide bonds. The molecule has 17 heavy (non-hydrogen) atoms. The Bertz CT molecular complexity index is 433. The van der Waals surface area contributed by atoms with Crippen LogP contribution >= 0.6 is 0 Å². The number of hydrogen-bond donors (Lipinski definition) is 2. The molecule has 0 aromatic carbocycles. The molecule has 0 bridgehead atoms. The molecule has 1 heterocycles. The van der Waals surface area contributed by atoms with Crippen LogP contribution in [-0.4, -0.2) is 29.2 Å². The summed E-state index contributed by atoms with van der Waals surface area (Å²) in [5, 5.41) is 5.52. The standard InChI is InChI=1S/C11H16N4O2/c1-11(2)4-8(11)14-10(16)15-9-7(17-3)5-12-6-13-9/h5-6,8H,4H2,1-3H3,(H2,12,13,14,15,16)/t8-/m0/s1. The van der Waals surface area contributed by atoms with E-state index in [4.69, 9.17) is 4.74 Å². The third-order valence-corrected chi connectivity index (χ3v) is 2.95. The number of methoxy groups -OCH3 is 1. The SMILES string of the molecule is COc1cncnc1NC(=O)N[C@H]1CC1(C)C. The van der Waals surface area contributed by atoms with E-state index in [9.17, 15) is 4.79 Å². The summed E-state index contributed by atoms with van der Waals surface area (Å²) in [5.74, 6) is 0.816. The quantitative estimate of drug-likeness (QED) is 0.831. The lowest BCUT2D eigenvalue weighted by molar-refractivity contribution is 0.250. The highest BCUT2D eigenvalue weighted by Gasteiger charge is 2.46. The fraction of sp³-hybridized carbons (Fsp3) is 0.545. The molecular formula is C11H16N4O2. The van der Waals surface area contributed by atoms with Gasteiger partial charge in [0, 0.05) is 6.04 Å². The van der Waals surface area contributed by atoms with Crippen LogP contribution in [-0.2, 0) is 0 Å². The highest BCUT2D eigenvalue weighted by molar-refractivity contribution is 5.90. The van der Waals surface area contributed by atoms with Gasteiger partial charge in [-0.25, -0.2) is 14.8 Å². The third kappa shape index (κ3) is 2.64. The van der Waals surface area contributed by atoms with Crippen molar-refractivity contribution in [3.8, 4) is 5.75 Å². The first-order valence-electron chi connectivity index (χ1n) is 5.44. The van der Waals surface area contributed by atoms with Crippen molar-refractivity contribution in [3.05, 3.63) is 12.5 Å². The Hall–Kier alpha value is -1.85.